The van der Waals surface area contributed by atoms with Crippen LogP contribution < -0.4 is 5.32 Å². The Kier molecular flexibility index (Phi) is 7.77. The number of ether oxygens (including phenoxy) is 1. The first-order chi connectivity index (χ1) is 15.1. The molecule has 0 radical (unpaired) electrons. The topological polar surface area (TPSA) is 119 Å². The van der Waals surface area contributed by atoms with Crippen molar-refractivity contribution >= 4 is 12.0 Å². The molecule has 0 aromatic rings. The number of rotatable bonds is 6. The van der Waals surface area contributed by atoms with Gasteiger partial charge in [-0.05, 0) is 69.6 Å². The molecule has 0 aromatic heterocycles. The van der Waals surface area contributed by atoms with Crippen LogP contribution in [0.2, 0.25) is 0 Å². The fourth-order valence-corrected chi connectivity index (χ4v) is 6.84. The third kappa shape index (κ3) is 4.64. The summed E-state index contributed by atoms with van der Waals surface area (Å²) in [6.07, 6.45) is 3.04. The van der Waals surface area contributed by atoms with Crippen molar-refractivity contribution in [3.8, 4) is 0 Å². The van der Waals surface area contributed by atoms with E-state index in [4.69, 9.17) is 4.74 Å². The maximum atomic E-state index is 13.2. The van der Waals surface area contributed by atoms with Crippen molar-refractivity contribution in [3.05, 3.63) is 0 Å². The highest BCUT2D eigenvalue weighted by molar-refractivity contribution is 5.77. The standard InChI is InChI=1S/C24H42N2O6/c1-15(2)25-22(31)32-20-9-10-23(3)17(12-21(30)26-11-5-6-16(26)13-27)18(29)7-8-19(23)24(20,4)14-28/h15-20,27-29H,5-14H2,1-4H3,(H,25,31)/t16-,17+,18+,19+,20+,23-,24-/m0/s1. The largest absolute Gasteiger partial charge is 0.446 e. The van der Waals surface area contributed by atoms with E-state index in [1.165, 1.54) is 0 Å². The molecule has 8 nitrogen and oxygen atoms in total. The molecule has 184 valence electrons. The number of aliphatic hydroxyl groups is 3. The van der Waals surface area contributed by atoms with Crippen LogP contribution in [0.5, 0.6) is 0 Å². The number of aliphatic hydroxyl groups excluding tert-OH is 3. The van der Waals surface area contributed by atoms with E-state index in [1.807, 2.05) is 20.8 Å². The zero-order valence-electron chi connectivity index (χ0n) is 20.0. The Morgan fingerprint density at radius 1 is 1.16 bits per heavy atom. The Hall–Kier alpha value is -1.38. The highest BCUT2D eigenvalue weighted by atomic mass is 16.6. The van der Waals surface area contributed by atoms with E-state index < -0.39 is 23.7 Å². The molecule has 1 aliphatic heterocycles. The van der Waals surface area contributed by atoms with Gasteiger partial charge >= 0.3 is 6.09 Å². The highest BCUT2D eigenvalue weighted by Crippen LogP contribution is 2.61. The monoisotopic (exact) mass is 454 g/mol. The van der Waals surface area contributed by atoms with Gasteiger partial charge in [0.25, 0.3) is 0 Å². The summed E-state index contributed by atoms with van der Waals surface area (Å²) < 4.78 is 5.78. The Morgan fingerprint density at radius 3 is 2.50 bits per heavy atom. The van der Waals surface area contributed by atoms with Crippen molar-refractivity contribution in [2.75, 3.05) is 19.8 Å². The van der Waals surface area contributed by atoms with E-state index in [-0.39, 0.29) is 54.9 Å². The van der Waals surface area contributed by atoms with E-state index in [0.29, 0.717) is 32.2 Å². The zero-order chi connectivity index (χ0) is 23.7. The number of likely N-dealkylation sites (tertiary alicyclic amines) is 1. The van der Waals surface area contributed by atoms with Crippen LogP contribution in [0.1, 0.15) is 72.6 Å². The maximum Gasteiger partial charge on any atom is 0.407 e. The number of hydrogen-bond acceptors (Lipinski definition) is 6. The van der Waals surface area contributed by atoms with Crippen LogP contribution in [-0.4, -0.2) is 76.3 Å². The normalized spacial score (nSPS) is 39.6. The van der Waals surface area contributed by atoms with Gasteiger partial charge in [0.2, 0.25) is 5.91 Å². The summed E-state index contributed by atoms with van der Waals surface area (Å²) in [4.78, 5) is 27.2. The molecular formula is C24H42N2O6. The molecule has 2 amide bonds. The number of nitrogens with zero attached hydrogens (tertiary/aromatic N) is 1. The first-order valence-corrected chi connectivity index (χ1v) is 12.2. The lowest BCUT2D eigenvalue weighted by atomic mass is 9.46. The van der Waals surface area contributed by atoms with Crippen LogP contribution in [0.4, 0.5) is 4.79 Å². The van der Waals surface area contributed by atoms with Crippen molar-refractivity contribution in [2.24, 2.45) is 22.7 Å². The van der Waals surface area contributed by atoms with Gasteiger partial charge in [0.15, 0.2) is 0 Å². The van der Waals surface area contributed by atoms with Crippen LogP contribution in [0.3, 0.4) is 0 Å². The number of amides is 2. The zero-order valence-corrected chi connectivity index (χ0v) is 20.0. The molecule has 0 spiro atoms. The minimum atomic E-state index is -0.649. The van der Waals surface area contributed by atoms with Crippen LogP contribution in [0.25, 0.3) is 0 Å². The average Bonchev–Trinajstić information content (AvgIpc) is 3.21. The predicted molar refractivity (Wildman–Crippen MR) is 120 cm³/mol. The predicted octanol–water partition coefficient (Wildman–Crippen LogP) is 2.05. The number of hydrogen-bond donors (Lipinski definition) is 4. The summed E-state index contributed by atoms with van der Waals surface area (Å²) in [6.45, 7) is 8.35. The van der Waals surface area contributed by atoms with E-state index in [2.05, 4.69) is 12.2 Å². The molecule has 7 atom stereocenters. The van der Waals surface area contributed by atoms with Crippen LogP contribution in [-0.2, 0) is 9.53 Å². The summed E-state index contributed by atoms with van der Waals surface area (Å²) in [7, 11) is 0. The van der Waals surface area contributed by atoms with E-state index in [9.17, 15) is 24.9 Å². The number of carbonyl (C=O) groups is 2. The fraction of sp³-hybridized carbons (Fsp3) is 0.917. The molecule has 2 saturated carbocycles. The van der Waals surface area contributed by atoms with Gasteiger partial charge in [-0.3, -0.25) is 4.79 Å². The Bertz CT molecular complexity index is 687. The fourth-order valence-electron chi connectivity index (χ4n) is 6.84. The van der Waals surface area contributed by atoms with Gasteiger partial charge in [-0.15, -0.1) is 0 Å². The second kappa shape index (κ2) is 9.85. The number of nitrogens with one attached hydrogen (secondary N) is 1. The van der Waals surface area contributed by atoms with Crippen molar-refractivity contribution < 1.29 is 29.6 Å². The lowest BCUT2D eigenvalue weighted by Gasteiger charge is -2.60. The second-order valence-electron chi connectivity index (χ2n) is 11.0. The lowest BCUT2D eigenvalue weighted by molar-refractivity contribution is -0.187. The van der Waals surface area contributed by atoms with Crippen LogP contribution in [0, 0.1) is 22.7 Å². The lowest BCUT2D eigenvalue weighted by Crippen LogP contribution is -2.61. The molecule has 1 saturated heterocycles. The minimum absolute atomic E-state index is 0.00661. The smallest absolute Gasteiger partial charge is 0.407 e. The summed E-state index contributed by atoms with van der Waals surface area (Å²) in [5.74, 6) is -0.225. The maximum absolute atomic E-state index is 13.2. The molecule has 4 N–H and O–H groups in total. The molecule has 2 aliphatic carbocycles. The molecule has 32 heavy (non-hydrogen) atoms. The van der Waals surface area contributed by atoms with Crippen LogP contribution >= 0.6 is 0 Å². The highest BCUT2D eigenvalue weighted by Gasteiger charge is 2.60. The van der Waals surface area contributed by atoms with Crippen molar-refractivity contribution in [1.29, 1.82) is 0 Å². The number of carbonyl (C=O) groups excluding carboxylic acids is 2. The van der Waals surface area contributed by atoms with Gasteiger partial charge in [0.1, 0.15) is 6.10 Å². The Balaban J connectivity index is 1.80. The third-order valence-corrected chi connectivity index (χ3v) is 8.63. The van der Waals surface area contributed by atoms with Gasteiger partial charge in [-0.1, -0.05) is 13.8 Å². The van der Waals surface area contributed by atoms with Gasteiger partial charge in [0, 0.05) is 24.4 Å². The molecule has 3 aliphatic rings. The first kappa shape index (κ1) is 25.2. The Labute approximate surface area is 191 Å². The van der Waals surface area contributed by atoms with Crippen molar-refractivity contribution in [1.82, 2.24) is 10.2 Å². The number of alkyl carbamates (subject to hydrolysis) is 1. The molecule has 3 fully saturated rings. The molecule has 8 heteroatoms. The molecule has 1 heterocycles. The van der Waals surface area contributed by atoms with Gasteiger partial charge < -0.3 is 30.3 Å². The molecule has 0 bridgehead atoms. The molecule has 0 aromatic carbocycles. The molecule has 0 unspecified atom stereocenters. The average molecular weight is 455 g/mol. The van der Waals surface area contributed by atoms with E-state index in [1.54, 1.807) is 4.90 Å². The molecule has 3 rings (SSSR count). The third-order valence-electron chi connectivity index (χ3n) is 8.63. The van der Waals surface area contributed by atoms with Crippen LogP contribution in [0.15, 0.2) is 0 Å². The van der Waals surface area contributed by atoms with E-state index in [0.717, 1.165) is 12.8 Å². The van der Waals surface area contributed by atoms with Gasteiger partial charge in [0.05, 0.1) is 25.4 Å². The van der Waals surface area contributed by atoms with Gasteiger partial charge in [-0.25, -0.2) is 4.79 Å². The minimum Gasteiger partial charge on any atom is -0.446 e. The summed E-state index contributed by atoms with van der Waals surface area (Å²) in [5.41, 5.74) is -1.00. The SMILES string of the molecule is CC(C)NC(=O)O[C@@H]1CC[C@]2(C)[C@@H](CC[C@@H](O)[C@H]2CC(=O)N2CCC[C@H]2CO)[C@]1(C)CO. The second-order valence-corrected chi connectivity index (χ2v) is 11.0. The summed E-state index contributed by atoms with van der Waals surface area (Å²) >= 11 is 0. The first-order valence-electron chi connectivity index (χ1n) is 12.2. The van der Waals surface area contributed by atoms with Crippen molar-refractivity contribution in [3.63, 3.8) is 0 Å². The molecular weight excluding hydrogens is 412 g/mol. The summed E-state index contributed by atoms with van der Waals surface area (Å²) in [5, 5.41) is 33.8. The van der Waals surface area contributed by atoms with Gasteiger partial charge in [-0.2, -0.15) is 0 Å². The number of fused-ring (bicyclic) bond motifs is 1. The Morgan fingerprint density at radius 2 is 1.88 bits per heavy atom. The van der Waals surface area contributed by atoms with E-state index >= 15 is 0 Å². The quantitative estimate of drug-likeness (QED) is 0.488. The summed E-state index contributed by atoms with van der Waals surface area (Å²) in [6, 6.07) is -0.163. The van der Waals surface area contributed by atoms with Crippen molar-refractivity contribution in [2.45, 2.75) is 96.9 Å².